The predicted octanol–water partition coefficient (Wildman–Crippen LogP) is 3.76. The first kappa shape index (κ1) is 20.7. The first-order valence-electron chi connectivity index (χ1n) is 9.15. The first-order valence-corrected chi connectivity index (χ1v) is 9.15. The number of nitrogens with zero attached hydrogens (tertiary/aromatic N) is 3. The highest BCUT2D eigenvalue weighted by Crippen LogP contribution is 2.36. The molecule has 1 aromatic heterocycles. The lowest BCUT2D eigenvalue weighted by Gasteiger charge is -2.20. The molecule has 3 atom stereocenters. The number of alkyl halides is 5. The van der Waals surface area contributed by atoms with Gasteiger partial charge >= 0.3 is 6.18 Å². The summed E-state index contributed by atoms with van der Waals surface area (Å²) < 4.78 is 65.5. The topological polar surface area (TPSA) is 83.0 Å². The molecule has 6 nitrogen and oxygen atoms in total. The number of halogens is 5. The molecule has 3 N–H and O–H groups in total. The fourth-order valence-electron chi connectivity index (χ4n) is 3.27. The third-order valence-corrected chi connectivity index (χ3v) is 4.84. The van der Waals surface area contributed by atoms with E-state index in [0.717, 1.165) is 6.92 Å². The molecule has 1 saturated carbocycles. The molecule has 0 aromatic carbocycles. The molecule has 2 unspecified atom stereocenters. The van der Waals surface area contributed by atoms with Crippen molar-refractivity contribution < 1.29 is 27.1 Å². The molecule has 1 aromatic rings. The van der Waals surface area contributed by atoms with Crippen LogP contribution < -0.4 is 10.6 Å². The van der Waals surface area contributed by atoms with Crippen molar-refractivity contribution in [3.8, 4) is 0 Å². The minimum atomic E-state index is -4.51. The summed E-state index contributed by atoms with van der Waals surface area (Å²) in [7, 11) is 0. The zero-order valence-electron chi connectivity index (χ0n) is 15.2. The zero-order valence-corrected chi connectivity index (χ0v) is 15.2. The number of aromatic nitrogens is 3. The molecule has 0 bridgehead atoms. The van der Waals surface area contributed by atoms with Crippen LogP contribution in [-0.4, -0.2) is 50.3 Å². The van der Waals surface area contributed by atoms with Crippen LogP contribution in [0.5, 0.6) is 0 Å². The second-order valence-electron chi connectivity index (χ2n) is 7.31. The van der Waals surface area contributed by atoms with E-state index in [1.165, 1.54) is 0 Å². The van der Waals surface area contributed by atoms with Crippen LogP contribution in [0.25, 0.3) is 5.57 Å². The van der Waals surface area contributed by atoms with Gasteiger partial charge in [0.2, 0.25) is 17.8 Å². The van der Waals surface area contributed by atoms with Crippen molar-refractivity contribution in [2.24, 2.45) is 0 Å². The lowest BCUT2D eigenvalue weighted by atomic mass is 9.97. The van der Waals surface area contributed by atoms with E-state index in [0.29, 0.717) is 24.8 Å². The number of anilines is 2. The molecule has 0 spiro atoms. The van der Waals surface area contributed by atoms with Crippen molar-refractivity contribution in [2.75, 3.05) is 10.6 Å². The van der Waals surface area contributed by atoms with Gasteiger partial charge in [-0.05, 0) is 44.3 Å². The van der Waals surface area contributed by atoms with Gasteiger partial charge in [0.15, 0.2) is 5.82 Å². The maximum Gasteiger partial charge on any atom is 0.408 e. The Hall–Kier alpha value is -2.04. The van der Waals surface area contributed by atoms with Crippen molar-refractivity contribution in [3.05, 3.63) is 11.9 Å². The largest absolute Gasteiger partial charge is 0.408 e. The molecule has 11 heteroatoms. The van der Waals surface area contributed by atoms with Crippen molar-refractivity contribution in [2.45, 2.75) is 75.7 Å². The maximum atomic E-state index is 13.4. The Morgan fingerprint density at radius 3 is 2.50 bits per heavy atom. The van der Waals surface area contributed by atoms with Gasteiger partial charge in [0.05, 0.1) is 6.10 Å². The van der Waals surface area contributed by atoms with Gasteiger partial charge in [-0.25, -0.2) is 8.78 Å². The van der Waals surface area contributed by atoms with Crippen LogP contribution in [-0.2, 0) is 0 Å². The van der Waals surface area contributed by atoms with Gasteiger partial charge in [-0.2, -0.15) is 28.1 Å². The Bertz CT molecular complexity index is 739. The van der Waals surface area contributed by atoms with E-state index in [4.69, 9.17) is 0 Å². The minimum Gasteiger partial charge on any atom is -0.389 e. The summed E-state index contributed by atoms with van der Waals surface area (Å²) in [6.07, 6.45) is -2.28. The third kappa shape index (κ3) is 5.27. The summed E-state index contributed by atoms with van der Waals surface area (Å²) in [6.45, 7) is 0.928. The summed E-state index contributed by atoms with van der Waals surface area (Å²) in [6, 6.07) is -2.48. The van der Waals surface area contributed by atoms with E-state index in [2.05, 4.69) is 25.6 Å². The summed E-state index contributed by atoms with van der Waals surface area (Å²) in [5.41, 5.74) is 0.587. The van der Waals surface area contributed by atoms with Crippen molar-refractivity contribution in [1.29, 1.82) is 0 Å². The highest BCUT2D eigenvalue weighted by molar-refractivity contribution is 5.63. The normalized spacial score (nSPS) is 25.9. The molecule has 2 aliphatic carbocycles. The lowest BCUT2D eigenvalue weighted by Crippen LogP contribution is -2.34. The summed E-state index contributed by atoms with van der Waals surface area (Å²) in [5.74, 6) is -3.03. The number of nitrogens with one attached hydrogen (secondary N) is 2. The quantitative estimate of drug-likeness (QED) is 0.645. The Morgan fingerprint density at radius 2 is 1.89 bits per heavy atom. The van der Waals surface area contributed by atoms with Crippen LogP contribution in [0.15, 0.2) is 6.08 Å². The fraction of sp³-hybridized carbons (Fsp3) is 0.706. The number of hydrogen-bond acceptors (Lipinski definition) is 6. The van der Waals surface area contributed by atoms with Crippen LogP contribution in [0.1, 0.15) is 51.3 Å². The number of rotatable bonds is 5. The number of aliphatic hydroxyl groups excluding tert-OH is 1. The fourth-order valence-corrected chi connectivity index (χ4v) is 3.27. The van der Waals surface area contributed by atoms with E-state index in [1.54, 1.807) is 6.08 Å². The highest BCUT2D eigenvalue weighted by Gasteiger charge is 2.40. The Labute approximate surface area is 158 Å². The third-order valence-electron chi connectivity index (χ3n) is 4.84. The molecular weight excluding hydrogens is 385 g/mol. The molecule has 0 radical (unpaired) electrons. The second-order valence-corrected chi connectivity index (χ2v) is 7.31. The van der Waals surface area contributed by atoms with Crippen LogP contribution in [0.4, 0.5) is 33.8 Å². The molecular formula is C17H22F5N5O. The number of hydrogen-bond donors (Lipinski definition) is 3. The maximum absolute atomic E-state index is 13.4. The SMILES string of the molecule is C[C@@H](Nc1nc(NC2CCC(F)(F)C2)nc(C2=CC(O)CCC2)n1)C(F)(F)F. The first-order chi connectivity index (χ1) is 13.0. The Kier molecular flexibility index (Phi) is 5.74. The van der Waals surface area contributed by atoms with E-state index in [1.807, 2.05) is 0 Å². The van der Waals surface area contributed by atoms with Gasteiger partial charge in [-0.3, -0.25) is 0 Å². The number of allylic oxidation sites excluding steroid dienone is 1. The van der Waals surface area contributed by atoms with Crippen molar-refractivity contribution in [1.82, 2.24) is 15.0 Å². The lowest BCUT2D eigenvalue weighted by molar-refractivity contribution is -0.138. The molecule has 0 saturated heterocycles. The van der Waals surface area contributed by atoms with Crippen LogP contribution in [0, 0.1) is 0 Å². The molecule has 2 aliphatic rings. The van der Waals surface area contributed by atoms with E-state index < -0.39 is 36.7 Å². The van der Waals surface area contributed by atoms with Crippen LogP contribution in [0.3, 0.4) is 0 Å². The van der Waals surface area contributed by atoms with Gasteiger partial charge in [-0.1, -0.05) is 0 Å². The van der Waals surface area contributed by atoms with E-state index in [-0.39, 0.29) is 30.6 Å². The zero-order chi connectivity index (χ0) is 20.5. The predicted molar refractivity (Wildman–Crippen MR) is 93.0 cm³/mol. The summed E-state index contributed by atoms with van der Waals surface area (Å²) >= 11 is 0. The molecule has 0 amide bonds. The molecule has 3 rings (SSSR count). The molecule has 1 heterocycles. The van der Waals surface area contributed by atoms with Gasteiger partial charge < -0.3 is 15.7 Å². The summed E-state index contributed by atoms with van der Waals surface area (Å²) in [5, 5.41) is 14.8. The monoisotopic (exact) mass is 407 g/mol. The average molecular weight is 407 g/mol. The van der Waals surface area contributed by atoms with E-state index >= 15 is 0 Å². The van der Waals surface area contributed by atoms with E-state index in [9.17, 15) is 27.1 Å². The van der Waals surface area contributed by atoms with Gasteiger partial charge in [0.25, 0.3) is 0 Å². The average Bonchev–Trinajstić information content (AvgIpc) is 2.92. The van der Waals surface area contributed by atoms with Crippen molar-refractivity contribution in [3.63, 3.8) is 0 Å². The smallest absolute Gasteiger partial charge is 0.389 e. The molecule has 0 aliphatic heterocycles. The standard InChI is InChI=1S/C17H22F5N5O/c1-9(17(20,21)22)23-14-25-13(10-3-2-4-12(28)7-10)26-15(27-14)24-11-5-6-16(18,19)8-11/h7,9,11-12,28H,2-6,8H2,1H3,(H2,23,24,25,26,27)/t9-,11?,12?/m1/s1. The van der Waals surface area contributed by atoms with Gasteiger partial charge in [0, 0.05) is 18.9 Å². The highest BCUT2D eigenvalue weighted by atomic mass is 19.4. The minimum absolute atomic E-state index is 0.0643. The molecule has 28 heavy (non-hydrogen) atoms. The van der Waals surface area contributed by atoms with Gasteiger partial charge in [0.1, 0.15) is 6.04 Å². The van der Waals surface area contributed by atoms with Crippen molar-refractivity contribution >= 4 is 17.5 Å². The second kappa shape index (κ2) is 7.76. The molecule has 156 valence electrons. The Balaban J connectivity index is 1.87. The summed E-state index contributed by atoms with van der Waals surface area (Å²) in [4.78, 5) is 12.2. The Morgan fingerprint density at radius 1 is 1.18 bits per heavy atom. The van der Waals surface area contributed by atoms with Crippen LogP contribution >= 0.6 is 0 Å². The van der Waals surface area contributed by atoms with Crippen LogP contribution in [0.2, 0.25) is 0 Å². The molecule has 1 fully saturated rings. The number of aliphatic hydroxyl groups is 1. The van der Waals surface area contributed by atoms with Gasteiger partial charge in [-0.15, -0.1) is 0 Å².